The molecule has 4 heterocycles. The van der Waals surface area contributed by atoms with E-state index in [1.807, 2.05) is 6.92 Å². The molecule has 5 rings (SSSR count). The Balaban J connectivity index is 1.49. The molecule has 0 radical (unpaired) electrons. The number of H-pyrrole nitrogens is 1. The monoisotopic (exact) mass is 507 g/mol. The number of aromatic nitrogens is 4. The first kappa shape index (κ1) is 23.4. The number of thiazole rings is 1. The van der Waals surface area contributed by atoms with Crippen LogP contribution in [0.5, 0.6) is 0 Å². The zero-order chi connectivity index (χ0) is 25.2. The molecule has 10 nitrogen and oxygen atoms in total. The summed E-state index contributed by atoms with van der Waals surface area (Å²) in [6, 6.07) is 9.58. The van der Waals surface area contributed by atoms with Crippen LogP contribution < -0.4 is 10.6 Å². The summed E-state index contributed by atoms with van der Waals surface area (Å²) in [6.07, 6.45) is 3.66. The molecule has 1 aliphatic rings. The lowest BCUT2D eigenvalue weighted by Crippen LogP contribution is -2.38. The Morgan fingerprint density at radius 1 is 1.28 bits per heavy atom. The highest BCUT2D eigenvalue weighted by Gasteiger charge is 2.34. The predicted octanol–water partition coefficient (Wildman–Crippen LogP) is 3.44. The summed E-state index contributed by atoms with van der Waals surface area (Å²) >= 11 is 1.11. The Hall–Kier alpha value is -4.32. The van der Waals surface area contributed by atoms with Crippen molar-refractivity contribution in [3.05, 3.63) is 82.8 Å². The topological polar surface area (TPSA) is 125 Å². The second kappa shape index (κ2) is 9.74. The molecule has 184 valence electrons. The number of hydrogen-bond acceptors (Lipinski definition) is 6. The van der Waals surface area contributed by atoms with Gasteiger partial charge in [0.1, 0.15) is 16.5 Å². The highest BCUT2D eigenvalue weighted by Crippen LogP contribution is 2.33. The van der Waals surface area contributed by atoms with Crippen LogP contribution in [0.2, 0.25) is 0 Å². The van der Waals surface area contributed by atoms with Crippen molar-refractivity contribution >= 4 is 39.7 Å². The molecule has 0 aliphatic carbocycles. The average Bonchev–Trinajstić information content (AvgIpc) is 3.61. The highest BCUT2D eigenvalue weighted by molar-refractivity contribution is 7.19. The third-order valence-electron chi connectivity index (χ3n) is 5.91. The van der Waals surface area contributed by atoms with Crippen molar-refractivity contribution in [3.8, 4) is 0 Å². The van der Waals surface area contributed by atoms with Crippen molar-refractivity contribution < 1.29 is 18.8 Å². The molecule has 0 spiro atoms. The van der Waals surface area contributed by atoms with Gasteiger partial charge in [0.2, 0.25) is 6.41 Å². The number of halogens is 1. The van der Waals surface area contributed by atoms with E-state index in [0.29, 0.717) is 40.9 Å². The molecule has 4 aromatic rings. The fourth-order valence-corrected chi connectivity index (χ4v) is 5.03. The summed E-state index contributed by atoms with van der Waals surface area (Å²) in [5.41, 5.74) is 2.98. The first-order valence-electron chi connectivity index (χ1n) is 11.2. The van der Waals surface area contributed by atoms with Gasteiger partial charge in [0, 0.05) is 29.9 Å². The quantitative estimate of drug-likeness (QED) is 0.331. The van der Waals surface area contributed by atoms with Crippen LogP contribution in [0.25, 0.3) is 0 Å². The van der Waals surface area contributed by atoms with Gasteiger partial charge in [0.15, 0.2) is 10.8 Å². The van der Waals surface area contributed by atoms with Crippen molar-refractivity contribution in [2.75, 3.05) is 17.2 Å². The second-order valence-electron chi connectivity index (χ2n) is 8.41. The molecule has 36 heavy (non-hydrogen) atoms. The molecule has 3 N–H and O–H groups in total. The van der Waals surface area contributed by atoms with E-state index in [1.165, 1.54) is 18.3 Å². The van der Waals surface area contributed by atoms with Gasteiger partial charge in [-0.25, -0.2) is 9.37 Å². The number of amides is 3. The first-order chi connectivity index (χ1) is 17.4. The smallest absolute Gasteiger partial charge is 0.278 e. The lowest BCUT2D eigenvalue weighted by atomic mass is 9.95. The van der Waals surface area contributed by atoms with E-state index < -0.39 is 5.91 Å². The van der Waals surface area contributed by atoms with E-state index in [0.717, 1.165) is 22.6 Å². The van der Waals surface area contributed by atoms with Gasteiger partial charge in [0.25, 0.3) is 11.8 Å². The van der Waals surface area contributed by atoms with E-state index >= 15 is 0 Å². The lowest BCUT2D eigenvalue weighted by molar-refractivity contribution is -0.105. The summed E-state index contributed by atoms with van der Waals surface area (Å²) in [6.45, 7) is 2.99. The number of anilines is 2. The molecule has 3 amide bonds. The maximum absolute atomic E-state index is 13.4. The first-order valence-corrected chi connectivity index (χ1v) is 12.0. The zero-order valence-corrected chi connectivity index (χ0v) is 20.0. The van der Waals surface area contributed by atoms with E-state index in [-0.39, 0.29) is 29.9 Å². The van der Waals surface area contributed by atoms with Crippen LogP contribution in [0, 0.1) is 5.82 Å². The van der Waals surface area contributed by atoms with Gasteiger partial charge in [-0.1, -0.05) is 30.4 Å². The van der Waals surface area contributed by atoms with Crippen LogP contribution in [0.3, 0.4) is 0 Å². The van der Waals surface area contributed by atoms with Crippen LogP contribution in [-0.2, 0) is 17.9 Å². The summed E-state index contributed by atoms with van der Waals surface area (Å²) in [4.78, 5) is 45.8. The van der Waals surface area contributed by atoms with Gasteiger partial charge in [-0.3, -0.25) is 24.4 Å². The Morgan fingerprint density at radius 2 is 2.08 bits per heavy atom. The zero-order valence-electron chi connectivity index (χ0n) is 19.2. The Kier molecular flexibility index (Phi) is 6.34. The van der Waals surface area contributed by atoms with Crippen molar-refractivity contribution in [1.82, 2.24) is 24.6 Å². The van der Waals surface area contributed by atoms with Crippen molar-refractivity contribution in [2.45, 2.75) is 25.9 Å². The van der Waals surface area contributed by atoms with Gasteiger partial charge in [-0.05, 0) is 29.8 Å². The molecule has 12 heteroatoms. The van der Waals surface area contributed by atoms with E-state index in [1.54, 1.807) is 40.0 Å². The molecule has 0 saturated carbocycles. The molecule has 0 saturated heterocycles. The van der Waals surface area contributed by atoms with Crippen LogP contribution in [-0.4, -0.2) is 49.4 Å². The molecule has 3 aromatic heterocycles. The van der Waals surface area contributed by atoms with Crippen LogP contribution in [0.15, 0.2) is 48.8 Å². The minimum Gasteiger partial charge on any atom is -0.357 e. The maximum Gasteiger partial charge on any atom is 0.278 e. The molecular formula is C24H22FN7O3S. The van der Waals surface area contributed by atoms with Gasteiger partial charge < -0.3 is 15.2 Å². The Labute approximate surface area is 209 Å². The standard InChI is InChI=1S/C24H22FN7O3S/c1-14-10-31(23(35)18-3-2-8-26-18)12-17-20(22(34)29-24-27-9-19(36-24)28-13-33)30-32(21(14)17)11-15-4-6-16(25)7-5-15/h2-9,13-14,26H,10-12H2,1H3,(H,28,33)(H,27,29,34). The van der Waals surface area contributed by atoms with Gasteiger partial charge in [0.05, 0.1) is 19.3 Å². The second-order valence-corrected chi connectivity index (χ2v) is 9.44. The predicted molar refractivity (Wildman–Crippen MR) is 131 cm³/mol. The van der Waals surface area contributed by atoms with Crippen molar-refractivity contribution in [3.63, 3.8) is 0 Å². The number of nitrogens with one attached hydrogen (secondary N) is 3. The maximum atomic E-state index is 13.4. The minimum atomic E-state index is -0.475. The highest BCUT2D eigenvalue weighted by atomic mass is 32.1. The van der Waals surface area contributed by atoms with Crippen molar-refractivity contribution in [1.29, 1.82) is 0 Å². The number of carbonyl (C=O) groups excluding carboxylic acids is 3. The molecule has 1 aliphatic heterocycles. The summed E-state index contributed by atoms with van der Waals surface area (Å²) in [5, 5.41) is 10.6. The van der Waals surface area contributed by atoms with E-state index in [4.69, 9.17) is 0 Å². The molecular weight excluding hydrogens is 485 g/mol. The molecule has 1 unspecified atom stereocenters. The van der Waals surface area contributed by atoms with E-state index in [2.05, 4.69) is 25.7 Å². The lowest BCUT2D eigenvalue weighted by Gasteiger charge is -2.32. The van der Waals surface area contributed by atoms with Crippen LogP contribution in [0.1, 0.15) is 50.6 Å². The van der Waals surface area contributed by atoms with Crippen LogP contribution >= 0.6 is 11.3 Å². The van der Waals surface area contributed by atoms with Crippen molar-refractivity contribution in [2.24, 2.45) is 0 Å². The minimum absolute atomic E-state index is 0.106. The van der Waals surface area contributed by atoms with Gasteiger partial charge >= 0.3 is 0 Å². The third-order valence-corrected chi connectivity index (χ3v) is 6.75. The third kappa shape index (κ3) is 4.62. The average molecular weight is 508 g/mol. The van der Waals surface area contributed by atoms with Crippen LogP contribution in [0.4, 0.5) is 14.5 Å². The fraction of sp³-hybridized carbons (Fsp3) is 0.208. The molecule has 1 aromatic carbocycles. The fourth-order valence-electron chi connectivity index (χ4n) is 4.36. The van der Waals surface area contributed by atoms with E-state index in [9.17, 15) is 18.8 Å². The number of aromatic amines is 1. The van der Waals surface area contributed by atoms with Gasteiger partial charge in [-0.2, -0.15) is 5.10 Å². The summed E-state index contributed by atoms with van der Waals surface area (Å²) in [5.74, 6) is -1.08. The SMILES string of the molecule is CC1CN(C(=O)c2ccc[nH]2)Cc2c(C(=O)Nc3ncc(NC=O)s3)nn(Cc3ccc(F)cc3)c21. The largest absolute Gasteiger partial charge is 0.357 e. The Morgan fingerprint density at radius 3 is 2.81 bits per heavy atom. The summed E-state index contributed by atoms with van der Waals surface area (Å²) in [7, 11) is 0. The number of benzene rings is 1. The number of nitrogens with zero attached hydrogens (tertiary/aromatic N) is 4. The Bertz CT molecular complexity index is 1410. The number of hydrogen-bond donors (Lipinski definition) is 3. The number of rotatable bonds is 7. The van der Waals surface area contributed by atoms with Gasteiger partial charge in [-0.15, -0.1) is 0 Å². The summed E-state index contributed by atoms with van der Waals surface area (Å²) < 4.78 is 15.2. The number of fused-ring (bicyclic) bond motifs is 1. The molecule has 1 atom stereocenters. The molecule has 0 bridgehead atoms. The molecule has 0 fully saturated rings. The normalized spacial score (nSPS) is 14.8. The number of carbonyl (C=O) groups is 3.